The van der Waals surface area contributed by atoms with Gasteiger partial charge in [0.2, 0.25) is 0 Å². The quantitative estimate of drug-likeness (QED) is 0.866. The number of aryl methyl sites for hydroxylation is 2. The van der Waals surface area contributed by atoms with Crippen LogP contribution >= 0.6 is 0 Å². The van der Waals surface area contributed by atoms with Crippen molar-refractivity contribution in [3.05, 3.63) is 29.3 Å². The van der Waals surface area contributed by atoms with Crippen LogP contribution in [0.4, 0.5) is 0 Å². The van der Waals surface area contributed by atoms with Gasteiger partial charge in [-0.25, -0.2) is 0 Å². The summed E-state index contributed by atoms with van der Waals surface area (Å²) < 4.78 is 5.73. The number of hydrogen-bond donors (Lipinski definition) is 1. The second-order valence-corrected chi connectivity index (χ2v) is 5.59. The molecule has 1 aromatic carbocycles. The average molecular weight is 248 g/mol. The van der Waals surface area contributed by atoms with E-state index in [1.807, 2.05) is 13.8 Å². The van der Waals surface area contributed by atoms with Gasteiger partial charge in [-0.3, -0.25) is 0 Å². The van der Waals surface area contributed by atoms with Gasteiger partial charge in [0.25, 0.3) is 0 Å². The first-order valence-electron chi connectivity index (χ1n) is 7.09. The van der Waals surface area contributed by atoms with Crippen LogP contribution in [-0.4, -0.2) is 17.8 Å². The number of ether oxygens (including phenoxy) is 1. The second-order valence-electron chi connectivity index (χ2n) is 5.59. The Bertz CT molecular complexity index is 385. The smallest absolute Gasteiger partial charge is 0.119 e. The van der Waals surface area contributed by atoms with Crippen LogP contribution in [0.2, 0.25) is 0 Å². The van der Waals surface area contributed by atoms with Crippen LogP contribution in [-0.2, 0) is 12.8 Å². The molecular weight excluding hydrogens is 224 g/mol. The van der Waals surface area contributed by atoms with Gasteiger partial charge in [-0.15, -0.1) is 0 Å². The van der Waals surface area contributed by atoms with Gasteiger partial charge in [0.05, 0.1) is 12.7 Å². The van der Waals surface area contributed by atoms with Gasteiger partial charge in [0.15, 0.2) is 0 Å². The minimum absolute atomic E-state index is 0.261. The lowest BCUT2D eigenvalue weighted by atomic mass is 9.92. The van der Waals surface area contributed by atoms with Crippen molar-refractivity contribution in [2.45, 2.75) is 52.1 Å². The molecule has 2 rings (SSSR count). The summed E-state index contributed by atoms with van der Waals surface area (Å²) in [5.74, 6) is 1.25. The highest BCUT2D eigenvalue weighted by Gasteiger charge is 2.11. The van der Waals surface area contributed by atoms with E-state index in [4.69, 9.17) is 4.74 Å². The number of fused-ring (bicyclic) bond motifs is 1. The van der Waals surface area contributed by atoms with Gasteiger partial charge in [0.1, 0.15) is 5.75 Å². The zero-order chi connectivity index (χ0) is 13.0. The van der Waals surface area contributed by atoms with E-state index in [1.165, 1.54) is 36.8 Å². The molecule has 1 aliphatic carbocycles. The molecule has 0 heterocycles. The highest BCUT2D eigenvalue weighted by molar-refractivity contribution is 5.37. The standard InChI is InChI=1S/C16H24O2/c1-12(2)16(17)9-10-18-15-8-7-13-5-3-4-6-14(13)11-15/h7-8,11-12,16-17H,3-6,9-10H2,1-2H3. The molecule has 1 aliphatic rings. The Morgan fingerprint density at radius 1 is 1.17 bits per heavy atom. The number of aliphatic hydroxyl groups is 1. The van der Waals surface area contributed by atoms with Crippen molar-refractivity contribution < 1.29 is 9.84 Å². The lowest BCUT2D eigenvalue weighted by Gasteiger charge is -2.18. The van der Waals surface area contributed by atoms with Crippen LogP contribution in [0.15, 0.2) is 18.2 Å². The summed E-state index contributed by atoms with van der Waals surface area (Å²) in [7, 11) is 0. The molecule has 1 N–H and O–H groups in total. The summed E-state index contributed by atoms with van der Waals surface area (Å²) in [5, 5.41) is 9.72. The zero-order valence-electron chi connectivity index (χ0n) is 11.5. The SMILES string of the molecule is CC(C)C(O)CCOc1ccc2c(c1)CCCC2. The molecule has 0 bridgehead atoms. The Labute approximate surface area is 110 Å². The fraction of sp³-hybridized carbons (Fsp3) is 0.625. The topological polar surface area (TPSA) is 29.5 Å². The first kappa shape index (κ1) is 13.4. The monoisotopic (exact) mass is 248 g/mol. The summed E-state index contributed by atoms with van der Waals surface area (Å²) >= 11 is 0. The van der Waals surface area contributed by atoms with Gasteiger partial charge in [-0.2, -0.15) is 0 Å². The molecule has 0 aliphatic heterocycles. The van der Waals surface area contributed by atoms with Gasteiger partial charge >= 0.3 is 0 Å². The molecule has 0 amide bonds. The lowest BCUT2D eigenvalue weighted by molar-refractivity contribution is 0.0976. The molecule has 1 atom stereocenters. The first-order valence-corrected chi connectivity index (χ1v) is 7.09. The van der Waals surface area contributed by atoms with Crippen LogP contribution in [0.25, 0.3) is 0 Å². The largest absolute Gasteiger partial charge is 0.493 e. The van der Waals surface area contributed by atoms with Crippen molar-refractivity contribution in [3.63, 3.8) is 0 Å². The summed E-state index contributed by atoms with van der Waals surface area (Å²) in [6.45, 7) is 4.66. The molecule has 0 spiro atoms. The third kappa shape index (κ3) is 3.49. The number of benzene rings is 1. The van der Waals surface area contributed by atoms with Crippen molar-refractivity contribution in [2.24, 2.45) is 5.92 Å². The van der Waals surface area contributed by atoms with Crippen LogP contribution in [0.3, 0.4) is 0 Å². The van der Waals surface area contributed by atoms with Gasteiger partial charge < -0.3 is 9.84 Å². The van der Waals surface area contributed by atoms with E-state index in [9.17, 15) is 5.11 Å². The van der Waals surface area contributed by atoms with E-state index in [2.05, 4.69) is 18.2 Å². The molecule has 0 fully saturated rings. The maximum atomic E-state index is 9.72. The van der Waals surface area contributed by atoms with E-state index < -0.39 is 0 Å². The van der Waals surface area contributed by atoms with Crippen molar-refractivity contribution in [3.8, 4) is 5.75 Å². The minimum Gasteiger partial charge on any atom is -0.493 e. The molecule has 0 radical (unpaired) electrons. The molecule has 2 heteroatoms. The number of rotatable bonds is 5. The Kier molecular flexibility index (Phi) is 4.65. The van der Waals surface area contributed by atoms with E-state index in [0.717, 1.165) is 5.75 Å². The molecule has 1 unspecified atom stereocenters. The Hall–Kier alpha value is -1.02. The summed E-state index contributed by atoms with van der Waals surface area (Å²) in [6, 6.07) is 6.44. The highest BCUT2D eigenvalue weighted by Crippen LogP contribution is 2.25. The maximum Gasteiger partial charge on any atom is 0.119 e. The molecule has 0 aromatic heterocycles. The normalized spacial score (nSPS) is 16.4. The Morgan fingerprint density at radius 2 is 1.89 bits per heavy atom. The van der Waals surface area contributed by atoms with Gasteiger partial charge in [-0.1, -0.05) is 19.9 Å². The molecule has 18 heavy (non-hydrogen) atoms. The van der Waals surface area contributed by atoms with E-state index >= 15 is 0 Å². The Morgan fingerprint density at radius 3 is 2.61 bits per heavy atom. The van der Waals surface area contributed by atoms with E-state index in [-0.39, 0.29) is 6.10 Å². The molecule has 2 nitrogen and oxygen atoms in total. The second kappa shape index (κ2) is 6.24. The lowest BCUT2D eigenvalue weighted by Crippen LogP contribution is -2.18. The number of hydrogen-bond acceptors (Lipinski definition) is 2. The predicted molar refractivity (Wildman–Crippen MR) is 74.0 cm³/mol. The fourth-order valence-corrected chi connectivity index (χ4v) is 2.43. The van der Waals surface area contributed by atoms with E-state index in [0.29, 0.717) is 18.9 Å². The maximum absolute atomic E-state index is 9.72. The van der Waals surface area contributed by atoms with Crippen molar-refractivity contribution in [2.75, 3.05) is 6.61 Å². The third-order valence-corrected chi connectivity index (χ3v) is 3.77. The summed E-state index contributed by atoms with van der Waals surface area (Å²) in [6.07, 6.45) is 5.44. The molecule has 0 saturated carbocycles. The van der Waals surface area contributed by atoms with Crippen LogP contribution in [0.5, 0.6) is 5.75 Å². The van der Waals surface area contributed by atoms with Crippen molar-refractivity contribution in [1.29, 1.82) is 0 Å². The predicted octanol–water partition coefficient (Wildman–Crippen LogP) is 3.35. The van der Waals surface area contributed by atoms with Crippen LogP contribution < -0.4 is 4.74 Å². The van der Waals surface area contributed by atoms with E-state index in [1.54, 1.807) is 0 Å². The third-order valence-electron chi connectivity index (χ3n) is 3.77. The molecular formula is C16H24O2. The average Bonchev–Trinajstić information content (AvgIpc) is 2.38. The molecule has 0 saturated heterocycles. The van der Waals surface area contributed by atoms with Gasteiger partial charge in [-0.05, 0) is 54.9 Å². The molecule has 1 aromatic rings. The minimum atomic E-state index is -0.261. The van der Waals surface area contributed by atoms with Gasteiger partial charge in [0, 0.05) is 6.42 Å². The zero-order valence-corrected chi connectivity index (χ0v) is 11.5. The molecule has 100 valence electrons. The Balaban J connectivity index is 1.86. The first-order chi connectivity index (χ1) is 8.66. The van der Waals surface area contributed by atoms with Crippen LogP contribution in [0.1, 0.15) is 44.2 Å². The number of aliphatic hydroxyl groups excluding tert-OH is 1. The summed E-state index contributed by atoms with van der Waals surface area (Å²) in [4.78, 5) is 0. The highest BCUT2D eigenvalue weighted by atomic mass is 16.5. The van der Waals surface area contributed by atoms with Crippen molar-refractivity contribution >= 4 is 0 Å². The fourth-order valence-electron chi connectivity index (χ4n) is 2.43. The van der Waals surface area contributed by atoms with Crippen LogP contribution in [0, 0.1) is 5.92 Å². The summed E-state index contributed by atoms with van der Waals surface area (Å²) in [5.41, 5.74) is 2.93. The van der Waals surface area contributed by atoms with Crippen molar-refractivity contribution in [1.82, 2.24) is 0 Å².